The molecule has 78 valence electrons. The quantitative estimate of drug-likeness (QED) is 0.797. The van der Waals surface area contributed by atoms with Gasteiger partial charge in [-0.25, -0.2) is 0 Å². The van der Waals surface area contributed by atoms with Crippen molar-refractivity contribution in [1.29, 1.82) is 0 Å². The molecule has 0 heterocycles. The SMILES string of the molecule is COC[C@H](N)c1ccc(C(C)C)cc1. The largest absolute Gasteiger partial charge is 0.383 e. The van der Waals surface area contributed by atoms with Crippen molar-refractivity contribution in [3.63, 3.8) is 0 Å². The van der Waals surface area contributed by atoms with Crippen molar-refractivity contribution in [2.45, 2.75) is 25.8 Å². The molecular weight excluding hydrogens is 174 g/mol. The molecule has 0 unspecified atom stereocenters. The highest BCUT2D eigenvalue weighted by molar-refractivity contribution is 5.26. The lowest BCUT2D eigenvalue weighted by Crippen LogP contribution is -2.15. The van der Waals surface area contributed by atoms with Crippen molar-refractivity contribution >= 4 is 0 Å². The maximum absolute atomic E-state index is 5.91. The first-order chi connectivity index (χ1) is 6.65. The van der Waals surface area contributed by atoms with Crippen LogP contribution in [-0.2, 0) is 4.74 Å². The Morgan fingerprint density at radius 3 is 2.07 bits per heavy atom. The molecule has 0 aliphatic rings. The summed E-state index contributed by atoms with van der Waals surface area (Å²) in [6.07, 6.45) is 0. The van der Waals surface area contributed by atoms with Gasteiger partial charge in [-0.1, -0.05) is 38.1 Å². The number of benzene rings is 1. The van der Waals surface area contributed by atoms with Crippen LogP contribution in [0.15, 0.2) is 24.3 Å². The summed E-state index contributed by atoms with van der Waals surface area (Å²) in [6.45, 7) is 4.94. The summed E-state index contributed by atoms with van der Waals surface area (Å²) < 4.78 is 5.01. The first-order valence-corrected chi connectivity index (χ1v) is 4.99. The Morgan fingerprint density at radius 1 is 1.14 bits per heavy atom. The molecule has 0 amide bonds. The highest BCUT2D eigenvalue weighted by atomic mass is 16.5. The summed E-state index contributed by atoms with van der Waals surface area (Å²) in [7, 11) is 1.67. The molecule has 14 heavy (non-hydrogen) atoms. The van der Waals surface area contributed by atoms with Crippen LogP contribution in [0.5, 0.6) is 0 Å². The monoisotopic (exact) mass is 193 g/mol. The zero-order chi connectivity index (χ0) is 10.6. The summed E-state index contributed by atoms with van der Waals surface area (Å²) in [5.41, 5.74) is 8.39. The van der Waals surface area contributed by atoms with E-state index in [1.807, 2.05) is 0 Å². The van der Waals surface area contributed by atoms with Gasteiger partial charge in [0.1, 0.15) is 0 Å². The maximum Gasteiger partial charge on any atom is 0.0655 e. The number of methoxy groups -OCH3 is 1. The lowest BCUT2D eigenvalue weighted by molar-refractivity contribution is 0.181. The van der Waals surface area contributed by atoms with Crippen LogP contribution < -0.4 is 5.73 Å². The Balaban J connectivity index is 2.72. The van der Waals surface area contributed by atoms with Gasteiger partial charge in [0.2, 0.25) is 0 Å². The second-order valence-electron chi connectivity index (χ2n) is 3.88. The molecule has 0 saturated heterocycles. The van der Waals surface area contributed by atoms with E-state index in [9.17, 15) is 0 Å². The number of nitrogens with two attached hydrogens (primary N) is 1. The van der Waals surface area contributed by atoms with E-state index in [0.29, 0.717) is 12.5 Å². The van der Waals surface area contributed by atoms with Gasteiger partial charge in [0.25, 0.3) is 0 Å². The summed E-state index contributed by atoms with van der Waals surface area (Å²) in [5.74, 6) is 0.572. The van der Waals surface area contributed by atoms with Gasteiger partial charge in [0.15, 0.2) is 0 Å². The Kier molecular flexibility index (Phi) is 4.11. The third kappa shape index (κ3) is 2.82. The first kappa shape index (κ1) is 11.2. The van der Waals surface area contributed by atoms with E-state index in [4.69, 9.17) is 10.5 Å². The normalized spacial score (nSPS) is 13.2. The van der Waals surface area contributed by atoms with E-state index in [0.717, 1.165) is 5.56 Å². The summed E-state index contributed by atoms with van der Waals surface area (Å²) >= 11 is 0. The molecule has 2 nitrogen and oxygen atoms in total. The molecule has 0 fully saturated rings. The van der Waals surface area contributed by atoms with Gasteiger partial charge in [-0.2, -0.15) is 0 Å². The molecular formula is C12H19NO. The molecule has 0 spiro atoms. The van der Waals surface area contributed by atoms with E-state index in [1.54, 1.807) is 7.11 Å². The van der Waals surface area contributed by atoms with Crippen molar-refractivity contribution in [3.05, 3.63) is 35.4 Å². The Labute approximate surface area is 86.1 Å². The third-order valence-corrected chi connectivity index (χ3v) is 2.38. The second kappa shape index (κ2) is 5.13. The molecule has 0 bridgehead atoms. The number of rotatable bonds is 4. The molecule has 1 aromatic rings. The highest BCUT2D eigenvalue weighted by Crippen LogP contribution is 2.17. The van der Waals surface area contributed by atoms with E-state index in [1.165, 1.54) is 5.56 Å². The summed E-state index contributed by atoms with van der Waals surface area (Å²) in [5, 5.41) is 0. The van der Waals surface area contributed by atoms with Crippen LogP contribution in [0.25, 0.3) is 0 Å². The topological polar surface area (TPSA) is 35.2 Å². The van der Waals surface area contributed by atoms with Crippen molar-refractivity contribution in [2.24, 2.45) is 5.73 Å². The van der Waals surface area contributed by atoms with Crippen LogP contribution in [-0.4, -0.2) is 13.7 Å². The molecule has 0 radical (unpaired) electrons. The standard InChI is InChI=1S/C12H19NO/c1-9(2)10-4-6-11(7-5-10)12(13)8-14-3/h4-7,9,12H,8,13H2,1-3H3/t12-/m0/s1. The van der Waals surface area contributed by atoms with Crippen LogP contribution in [0.3, 0.4) is 0 Å². The van der Waals surface area contributed by atoms with E-state index < -0.39 is 0 Å². The predicted molar refractivity (Wildman–Crippen MR) is 59.3 cm³/mol. The zero-order valence-electron chi connectivity index (χ0n) is 9.16. The third-order valence-electron chi connectivity index (χ3n) is 2.38. The minimum absolute atomic E-state index is 0.0128. The molecule has 1 rings (SSSR count). The molecule has 2 N–H and O–H groups in total. The first-order valence-electron chi connectivity index (χ1n) is 4.99. The zero-order valence-corrected chi connectivity index (χ0v) is 9.16. The van der Waals surface area contributed by atoms with Gasteiger partial charge in [-0.3, -0.25) is 0 Å². The number of hydrogen-bond acceptors (Lipinski definition) is 2. The fourth-order valence-corrected chi connectivity index (χ4v) is 1.40. The summed E-state index contributed by atoms with van der Waals surface area (Å²) in [4.78, 5) is 0. The Morgan fingerprint density at radius 2 is 1.64 bits per heavy atom. The van der Waals surface area contributed by atoms with Gasteiger partial charge in [0.05, 0.1) is 12.6 Å². The average molecular weight is 193 g/mol. The molecule has 1 aromatic carbocycles. The van der Waals surface area contributed by atoms with Crippen LogP contribution in [0.4, 0.5) is 0 Å². The van der Waals surface area contributed by atoms with Crippen molar-refractivity contribution in [2.75, 3.05) is 13.7 Å². The maximum atomic E-state index is 5.91. The fourth-order valence-electron chi connectivity index (χ4n) is 1.40. The molecule has 0 aromatic heterocycles. The van der Waals surface area contributed by atoms with Crippen molar-refractivity contribution < 1.29 is 4.74 Å². The van der Waals surface area contributed by atoms with Gasteiger partial charge in [0, 0.05) is 7.11 Å². The van der Waals surface area contributed by atoms with E-state index in [-0.39, 0.29) is 6.04 Å². The number of ether oxygens (including phenoxy) is 1. The van der Waals surface area contributed by atoms with Crippen LogP contribution in [0.2, 0.25) is 0 Å². The van der Waals surface area contributed by atoms with Gasteiger partial charge in [-0.05, 0) is 17.0 Å². The van der Waals surface area contributed by atoms with Crippen LogP contribution in [0, 0.1) is 0 Å². The van der Waals surface area contributed by atoms with Crippen LogP contribution in [0.1, 0.15) is 36.9 Å². The lowest BCUT2D eigenvalue weighted by atomic mass is 10.00. The van der Waals surface area contributed by atoms with Crippen LogP contribution >= 0.6 is 0 Å². The molecule has 1 atom stereocenters. The molecule has 0 aliphatic carbocycles. The Hall–Kier alpha value is -0.860. The fraction of sp³-hybridized carbons (Fsp3) is 0.500. The minimum Gasteiger partial charge on any atom is -0.383 e. The van der Waals surface area contributed by atoms with E-state index in [2.05, 4.69) is 38.1 Å². The highest BCUT2D eigenvalue weighted by Gasteiger charge is 2.05. The second-order valence-corrected chi connectivity index (χ2v) is 3.88. The number of hydrogen-bond donors (Lipinski definition) is 1. The molecule has 2 heteroatoms. The molecule has 0 aliphatic heterocycles. The lowest BCUT2D eigenvalue weighted by Gasteiger charge is -2.12. The average Bonchev–Trinajstić information content (AvgIpc) is 2.18. The minimum atomic E-state index is -0.0128. The van der Waals surface area contributed by atoms with Gasteiger partial charge in [-0.15, -0.1) is 0 Å². The van der Waals surface area contributed by atoms with Gasteiger partial charge < -0.3 is 10.5 Å². The van der Waals surface area contributed by atoms with Crippen molar-refractivity contribution in [1.82, 2.24) is 0 Å². The Bertz CT molecular complexity index is 266. The predicted octanol–water partition coefficient (Wildman–Crippen LogP) is 2.46. The smallest absolute Gasteiger partial charge is 0.0655 e. The van der Waals surface area contributed by atoms with E-state index >= 15 is 0 Å². The van der Waals surface area contributed by atoms with Gasteiger partial charge >= 0.3 is 0 Å². The van der Waals surface area contributed by atoms with Crippen molar-refractivity contribution in [3.8, 4) is 0 Å². The molecule has 0 saturated carbocycles. The summed E-state index contributed by atoms with van der Waals surface area (Å²) in [6, 6.07) is 8.42.